The minimum absolute atomic E-state index is 0.138. The zero-order valence-corrected chi connectivity index (χ0v) is 19.4. The Morgan fingerprint density at radius 1 is 1.10 bits per heavy atom. The van der Waals surface area contributed by atoms with E-state index in [2.05, 4.69) is 5.32 Å². The van der Waals surface area contributed by atoms with Crippen molar-refractivity contribution in [1.29, 1.82) is 0 Å². The molecule has 1 amide bonds. The third kappa shape index (κ3) is 8.13. The molecule has 0 radical (unpaired) electrons. The molecule has 0 heterocycles. The average Bonchev–Trinajstić information content (AvgIpc) is 2.71. The lowest BCUT2D eigenvalue weighted by atomic mass is 10.2. The minimum Gasteiger partial charge on any atom is -0.494 e. The van der Waals surface area contributed by atoms with Crippen molar-refractivity contribution in [2.75, 3.05) is 30.3 Å². The molecule has 0 saturated carbocycles. The number of carbonyl (C=O) groups excluding carboxylic acids is 1. The largest absolute Gasteiger partial charge is 0.494 e. The molecule has 2 aromatic rings. The van der Waals surface area contributed by atoms with Crippen LogP contribution in [0.1, 0.15) is 32.3 Å². The predicted molar refractivity (Wildman–Crippen MR) is 123 cm³/mol. The normalized spacial score (nSPS) is 12.1. The van der Waals surface area contributed by atoms with E-state index in [0.717, 1.165) is 17.6 Å². The van der Waals surface area contributed by atoms with Crippen molar-refractivity contribution in [3.8, 4) is 11.5 Å². The highest BCUT2D eigenvalue weighted by atomic mass is 32.2. The maximum atomic E-state index is 12.3. The van der Waals surface area contributed by atoms with E-state index in [1.54, 1.807) is 24.3 Å². The van der Waals surface area contributed by atoms with E-state index in [4.69, 9.17) is 9.47 Å². The summed E-state index contributed by atoms with van der Waals surface area (Å²) in [7, 11) is -3.47. The number of amides is 1. The number of rotatable bonds is 12. The molecule has 2 rings (SSSR count). The Bertz CT molecular complexity index is 945. The van der Waals surface area contributed by atoms with E-state index < -0.39 is 10.0 Å². The Morgan fingerprint density at radius 3 is 2.39 bits per heavy atom. The van der Waals surface area contributed by atoms with Gasteiger partial charge >= 0.3 is 0 Å². The standard InChI is InChI=1S/C23H32N2O5S/c1-5-29-21-14-12-20(13-15-21)25(31(4,27)28)16-8-11-23(26)24-19(3)17-30-22-10-7-6-9-18(22)2/h6-7,9-10,12-15,19H,5,8,11,16-17H2,1-4H3,(H,24,26)/t19-/m1/s1. The van der Waals surface area contributed by atoms with E-state index in [1.165, 1.54) is 4.31 Å². The molecule has 1 atom stereocenters. The molecule has 0 saturated heterocycles. The Morgan fingerprint density at radius 2 is 1.77 bits per heavy atom. The summed E-state index contributed by atoms with van der Waals surface area (Å²) in [4.78, 5) is 12.3. The number of benzene rings is 2. The lowest BCUT2D eigenvalue weighted by Crippen LogP contribution is -2.37. The van der Waals surface area contributed by atoms with Gasteiger partial charge in [-0.05, 0) is 63.1 Å². The number of anilines is 1. The summed E-state index contributed by atoms with van der Waals surface area (Å²) in [5.41, 5.74) is 1.59. The molecule has 31 heavy (non-hydrogen) atoms. The number of carbonyl (C=O) groups is 1. The zero-order chi connectivity index (χ0) is 22.9. The summed E-state index contributed by atoms with van der Waals surface area (Å²) < 4.78 is 36.9. The van der Waals surface area contributed by atoms with E-state index in [9.17, 15) is 13.2 Å². The van der Waals surface area contributed by atoms with Gasteiger partial charge in [-0.25, -0.2) is 8.42 Å². The monoisotopic (exact) mass is 448 g/mol. The average molecular weight is 449 g/mol. The fourth-order valence-electron chi connectivity index (χ4n) is 3.07. The highest BCUT2D eigenvalue weighted by molar-refractivity contribution is 7.92. The van der Waals surface area contributed by atoms with E-state index in [0.29, 0.717) is 31.1 Å². The van der Waals surface area contributed by atoms with Crippen LogP contribution < -0.4 is 19.1 Å². The summed E-state index contributed by atoms with van der Waals surface area (Å²) in [5.74, 6) is 1.34. The number of ether oxygens (including phenoxy) is 2. The molecule has 0 aromatic heterocycles. The van der Waals surface area contributed by atoms with Crippen LogP contribution in [0.15, 0.2) is 48.5 Å². The molecule has 1 N–H and O–H groups in total. The molecule has 0 aliphatic heterocycles. The summed E-state index contributed by atoms with van der Waals surface area (Å²) in [5, 5.41) is 2.89. The fourth-order valence-corrected chi connectivity index (χ4v) is 4.03. The summed E-state index contributed by atoms with van der Waals surface area (Å²) in [6.45, 7) is 6.85. The number of nitrogens with zero attached hydrogens (tertiary/aromatic N) is 1. The van der Waals surface area contributed by atoms with Crippen molar-refractivity contribution < 1.29 is 22.7 Å². The molecule has 0 bridgehead atoms. The van der Waals surface area contributed by atoms with Gasteiger partial charge in [0.25, 0.3) is 0 Å². The Balaban J connectivity index is 1.83. The predicted octanol–water partition coefficient (Wildman–Crippen LogP) is 3.52. The molecular weight excluding hydrogens is 416 g/mol. The SMILES string of the molecule is CCOc1ccc(N(CCCC(=O)N[C@H](C)COc2ccccc2C)S(C)(=O)=O)cc1. The molecule has 2 aromatic carbocycles. The maximum absolute atomic E-state index is 12.3. The van der Waals surface area contributed by atoms with Crippen LogP contribution in [0.3, 0.4) is 0 Å². The van der Waals surface area contributed by atoms with Crippen LogP contribution in [-0.4, -0.2) is 46.4 Å². The van der Waals surface area contributed by atoms with Gasteiger partial charge in [0, 0.05) is 13.0 Å². The van der Waals surface area contributed by atoms with Crippen molar-refractivity contribution in [2.45, 2.75) is 39.7 Å². The Kier molecular flexibility index (Phi) is 9.18. The number of hydrogen-bond donors (Lipinski definition) is 1. The molecule has 7 nitrogen and oxygen atoms in total. The van der Waals surface area contributed by atoms with Gasteiger partial charge in [0.1, 0.15) is 18.1 Å². The second-order valence-corrected chi connectivity index (χ2v) is 9.32. The van der Waals surface area contributed by atoms with Crippen LogP contribution in [0.2, 0.25) is 0 Å². The van der Waals surface area contributed by atoms with Crippen molar-refractivity contribution >= 4 is 21.6 Å². The van der Waals surface area contributed by atoms with Gasteiger partial charge in [0.2, 0.25) is 15.9 Å². The van der Waals surface area contributed by atoms with Crippen LogP contribution in [0.4, 0.5) is 5.69 Å². The fraction of sp³-hybridized carbons (Fsp3) is 0.435. The first-order chi connectivity index (χ1) is 14.7. The third-order valence-electron chi connectivity index (χ3n) is 4.59. The van der Waals surface area contributed by atoms with Crippen LogP contribution in [0.25, 0.3) is 0 Å². The van der Waals surface area contributed by atoms with Crippen LogP contribution in [-0.2, 0) is 14.8 Å². The smallest absolute Gasteiger partial charge is 0.232 e. The highest BCUT2D eigenvalue weighted by Crippen LogP contribution is 2.22. The zero-order valence-electron chi connectivity index (χ0n) is 18.6. The van der Waals surface area contributed by atoms with E-state index in [-0.39, 0.29) is 24.9 Å². The Hall–Kier alpha value is -2.74. The number of hydrogen-bond acceptors (Lipinski definition) is 5. The van der Waals surface area contributed by atoms with Crippen LogP contribution >= 0.6 is 0 Å². The first-order valence-corrected chi connectivity index (χ1v) is 12.2. The second kappa shape index (κ2) is 11.6. The molecule has 0 unspecified atom stereocenters. The van der Waals surface area contributed by atoms with Crippen molar-refractivity contribution in [3.63, 3.8) is 0 Å². The molecule has 170 valence electrons. The first-order valence-electron chi connectivity index (χ1n) is 10.4. The number of para-hydroxylation sites is 1. The molecule has 0 aliphatic carbocycles. The van der Waals surface area contributed by atoms with E-state index >= 15 is 0 Å². The Labute approximate surface area is 185 Å². The van der Waals surface area contributed by atoms with Crippen molar-refractivity contribution in [1.82, 2.24) is 5.32 Å². The van der Waals surface area contributed by atoms with Gasteiger partial charge in [0.15, 0.2) is 0 Å². The molecule has 0 fully saturated rings. The van der Waals surface area contributed by atoms with Crippen LogP contribution in [0, 0.1) is 6.92 Å². The number of sulfonamides is 1. The number of nitrogens with one attached hydrogen (secondary N) is 1. The first kappa shape index (κ1) is 24.5. The summed E-state index contributed by atoms with van der Waals surface area (Å²) in [6, 6.07) is 14.4. The summed E-state index contributed by atoms with van der Waals surface area (Å²) >= 11 is 0. The van der Waals surface area contributed by atoms with Crippen molar-refractivity contribution in [2.24, 2.45) is 0 Å². The van der Waals surface area contributed by atoms with Gasteiger partial charge in [-0.3, -0.25) is 9.10 Å². The molecule has 0 spiro atoms. The van der Waals surface area contributed by atoms with Crippen molar-refractivity contribution in [3.05, 3.63) is 54.1 Å². The van der Waals surface area contributed by atoms with Gasteiger partial charge in [-0.1, -0.05) is 18.2 Å². The molecular formula is C23H32N2O5S. The van der Waals surface area contributed by atoms with Gasteiger partial charge in [-0.2, -0.15) is 0 Å². The van der Waals surface area contributed by atoms with Gasteiger partial charge in [-0.15, -0.1) is 0 Å². The van der Waals surface area contributed by atoms with Gasteiger partial charge < -0.3 is 14.8 Å². The van der Waals surface area contributed by atoms with Crippen LogP contribution in [0.5, 0.6) is 11.5 Å². The lowest BCUT2D eigenvalue weighted by Gasteiger charge is -2.23. The molecule has 0 aliphatic rings. The second-order valence-electron chi connectivity index (χ2n) is 7.41. The quantitative estimate of drug-likeness (QED) is 0.537. The molecule has 8 heteroatoms. The summed E-state index contributed by atoms with van der Waals surface area (Å²) in [6.07, 6.45) is 1.78. The number of aryl methyl sites for hydroxylation is 1. The van der Waals surface area contributed by atoms with E-state index in [1.807, 2.05) is 45.0 Å². The lowest BCUT2D eigenvalue weighted by molar-refractivity contribution is -0.121. The third-order valence-corrected chi connectivity index (χ3v) is 5.78. The minimum atomic E-state index is -3.47. The maximum Gasteiger partial charge on any atom is 0.232 e. The topological polar surface area (TPSA) is 84.9 Å². The highest BCUT2D eigenvalue weighted by Gasteiger charge is 2.18. The van der Waals surface area contributed by atoms with Gasteiger partial charge in [0.05, 0.1) is 24.6 Å².